The minimum atomic E-state index is 0.139. The fourth-order valence-corrected chi connectivity index (χ4v) is 3.01. The van der Waals surface area contributed by atoms with Crippen molar-refractivity contribution < 1.29 is 0 Å². The Labute approximate surface area is 125 Å². The first kappa shape index (κ1) is 15.1. The van der Waals surface area contributed by atoms with Crippen molar-refractivity contribution in [2.45, 2.75) is 37.6 Å². The summed E-state index contributed by atoms with van der Waals surface area (Å²) in [4.78, 5) is 5.79. The molecule has 0 saturated heterocycles. The van der Waals surface area contributed by atoms with Gasteiger partial charge in [0.15, 0.2) is 0 Å². The van der Waals surface area contributed by atoms with E-state index in [2.05, 4.69) is 55.2 Å². The molecule has 0 spiro atoms. The zero-order chi connectivity index (χ0) is 14.4. The number of benzene rings is 1. The summed E-state index contributed by atoms with van der Waals surface area (Å²) in [6.07, 6.45) is 3.82. The normalized spacial score (nSPS) is 12.3. The standard InChI is InChI=1S/C17H22N2S/c1-3-14-8-9-16(19-11-14)10-15(18)12-20-17-7-5-4-6-13(17)2/h4-9,11,15H,3,10,12,18H2,1-2H3. The van der Waals surface area contributed by atoms with Gasteiger partial charge in [-0.05, 0) is 36.6 Å². The lowest BCUT2D eigenvalue weighted by atomic mass is 10.1. The van der Waals surface area contributed by atoms with Crippen LogP contribution < -0.4 is 5.73 Å². The van der Waals surface area contributed by atoms with E-state index >= 15 is 0 Å². The summed E-state index contributed by atoms with van der Waals surface area (Å²) in [7, 11) is 0. The Bertz CT molecular complexity index is 537. The van der Waals surface area contributed by atoms with Crippen LogP contribution in [0, 0.1) is 6.92 Å². The molecule has 0 fully saturated rings. The highest BCUT2D eigenvalue weighted by atomic mass is 32.2. The van der Waals surface area contributed by atoms with Crippen molar-refractivity contribution in [3.05, 3.63) is 59.4 Å². The second kappa shape index (κ2) is 7.46. The molecule has 1 atom stereocenters. The highest BCUT2D eigenvalue weighted by Crippen LogP contribution is 2.22. The molecule has 2 N–H and O–H groups in total. The van der Waals surface area contributed by atoms with E-state index in [0.29, 0.717) is 0 Å². The Kier molecular flexibility index (Phi) is 5.62. The first-order chi connectivity index (χ1) is 9.69. The zero-order valence-electron chi connectivity index (χ0n) is 12.2. The molecular weight excluding hydrogens is 264 g/mol. The van der Waals surface area contributed by atoms with E-state index in [4.69, 9.17) is 5.73 Å². The maximum atomic E-state index is 6.21. The molecule has 0 aliphatic rings. The molecule has 0 amide bonds. The molecule has 0 radical (unpaired) electrons. The van der Waals surface area contributed by atoms with Crippen LogP contribution in [0.15, 0.2) is 47.5 Å². The number of rotatable bonds is 6. The van der Waals surface area contributed by atoms with Gasteiger partial charge in [-0.15, -0.1) is 11.8 Å². The van der Waals surface area contributed by atoms with Gasteiger partial charge in [-0.25, -0.2) is 0 Å². The quantitative estimate of drug-likeness (QED) is 0.824. The number of nitrogens with zero attached hydrogens (tertiary/aromatic N) is 1. The number of pyridine rings is 1. The van der Waals surface area contributed by atoms with E-state index in [-0.39, 0.29) is 6.04 Å². The minimum absolute atomic E-state index is 0.139. The van der Waals surface area contributed by atoms with Crippen molar-refractivity contribution in [3.8, 4) is 0 Å². The fourth-order valence-electron chi connectivity index (χ4n) is 2.03. The summed E-state index contributed by atoms with van der Waals surface area (Å²) < 4.78 is 0. The summed E-state index contributed by atoms with van der Waals surface area (Å²) >= 11 is 1.83. The van der Waals surface area contributed by atoms with Gasteiger partial charge in [0.05, 0.1) is 0 Å². The lowest BCUT2D eigenvalue weighted by Crippen LogP contribution is -2.26. The third kappa shape index (κ3) is 4.36. The van der Waals surface area contributed by atoms with Gasteiger partial charge in [0.25, 0.3) is 0 Å². The first-order valence-corrected chi connectivity index (χ1v) is 8.05. The second-order valence-corrected chi connectivity index (χ2v) is 6.11. The van der Waals surface area contributed by atoms with Crippen LogP contribution in [0.4, 0.5) is 0 Å². The van der Waals surface area contributed by atoms with Crippen LogP contribution in [0.3, 0.4) is 0 Å². The van der Waals surface area contributed by atoms with Gasteiger partial charge in [0, 0.05) is 35.0 Å². The minimum Gasteiger partial charge on any atom is -0.327 e. The second-order valence-electron chi connectivity index (χ2n) is 5.05. The van der Waals surface area contributed by atoms with E-state index in [1.165, 1.54) is 16.0 Å². The van der Waals surface area contributed by atoms with E-state index in [9.17, 15) is 0 Å². The SMILES string of the molecule is CCc1ccc(CC(N)CSc2ccccc2C)nc1. The molecule has 1 aromatic carbocycles. The van der Waals surface area contributed by atoms with Crippen LogP contribution in [0.5, 0.6) is 0 Å². The van der Waals surface area contributed by atoms with E-state index in [1.807, 2.05) is 18.0 Å². The highest BCUT2D eigenvalue weighted by Gasteiger charge is 2.07. The molecule has 0 bridgehead atoms. The molecule has 2 nitrogen and oxygen atoms in total. The van der Waals surface area contributed by atoms with Gasteiger partial charge in [-0.3, -0.25) is 4.98 Å². The van der Waals surface area contributed by atoms with Crippen molar-refractivity contribution in [3.63, 3.8) is 0 Å². The summed E-state index contributed by atoms with van der Waals surface area (Å²) in [5.41, 5.74) is 9.89. The summed E-state index contributed by atoms with van der Waals surface area (Å²) in [6, 6.07) is 12.8. The molecule has 0 saturated carbocycles. The smallest absolute Gasteiger partial charge is 0.0419 e. The topological polar surface area (TPSA) is 38.9 Å². The molecule has 20 heavy (non-hydrogen) atoms. The Morgan fingerprint density at radius 2 is 2.00 bits per heavy atom. The Morgan fingerprint density at radius 1 is 1.20 bits per heavy atom. The van der Waals surface area contributed by atoms with Crippen LogP contribution in [-0.2, 0) is 12.8 Å². The summed E-state index contributed by atoms with van der Waals surface area (Å²) in [6.45, 7) is 4.28. The Balaban J connectivity index is 1.86. The van der Waals surface area contributed by atoms with Crippen LogP contribution in [0.2, 0.25) is 0 Å². The van der Waals surface area contributed by atoms with Gasteiger partial charge < -0.3 is 5.73 Å². The van der Waals surface area contributed by atoms with Crippen molar-refractivity contribution in [2.75, 3.05) is 5.75 Å². The van der Waals surface area contributed by atoms with Crippen molar-refractivity contribution in [2.24, 2.45) is 5.73 Å². The maximum Gasteiger partial charge on any atom is 0.0419 e. The van der Waals surface area contributed by atoms with Crippen molar-refractivity contribution >= 4 is 11.8 Å². The number of hydrogen-bond acceptors (Lipinski definition) is 3. The van der Waals surface area contributed by atoms with Gasteiger partial charge >= 0.3 is 0 Å². The molecule has 1 aromatic heterocycles. The van der Waals surface area contributed by atoms with Gasteiger partial charge in [-0.2, -0.15) is 0 Å². The van der Waals surface area contributed by atoms with Gasteiger partial charge in [0.2, 0.25) is 0 Å². The Hall–Kier alpha value is -1.32. The van der Waals surface area contributed by atoms with Crippen molar-refractivity contribution in [1.29, 1.82) is 0 Å². The van der Waals surface area contributed by atoms with Crippen LogP contribution in [0.1, 0.15) is 23.7 Å². The fraction of sp³-hybridized carbons (Fsp3) is 0.353. The van der Waals surface area contributed by atoms with Gasteiger partial charge in [0.1, 0.15) is 0 Å². The third-order valence-electron chi connectivity index (χ3n) is 3.31. The average molecular weight is 286 g/mol. The third-order valence-corrected chi connectivity index (χ3v) is 4.68. The largest absolute Gasteiger partial charge is 0.327 e. The number of nitrogens with two attached hydrogens (primary N) is 1. The Morgan fingerprint density at radius 3 is 2.65 bits per heavy atom. The van der Waals surface area contributed by atoms with E-state index in [1.54, 1.807) is 0 Å². The maximum absolute atomic E-state index is 6.21. The average Bonchev–Trinajstić information content (AvgIpc) is 2.47. The number of aromatic nitrogens is 1. The molecule has 3 heteroatoms. The van der Waals surface area contributed by atoms with Crippen LogP contribution >= 0.6 is 11.8 Å². The van der Waals surface area contributed by atoms with Crippen LogP contribution in [-0.4, -0.2) is 16.8 Å². The summed E-state index contributed by atoms with van der Waals surface area (Å²) in [5, 5.41) is 0. The predicted molar refractivity (Wildman–Crippen MR) is 87.2 cm³/mol. The molecule has 2 rings (SSSR count). The van der Waals surface area contributed by atoms with E-state index in [0.717, 1.165) is 24.3 Å². The molecule has 1 unspecified atom stereocenters. The van der Waals surface area contributed by atoms with E-state index < -0.39 is 0 Å². The van der Waals surface area contributed by atoms with Gasteiger partial charge in [-0.1, -0.05) is 31.2 Å². The molecule has 106 valence electrons. The number of aryl methyl sites for hydroxylation is 2. The first-order valence-electron chi connectivity index (χ1n) is 7.07. The predicted octanol–water partition coefficient (Wildman–Crippen LogP) is 3.61. The zero-order valence-corrected chi connectivity index (χ0v) is 13.0. The lowest BCUT2D eigenvalue weighted by molar-refractivity contribution is 0.731. The van der Waals surface area contributed by atoms with Crippen LogP contribution in [0.25, 0.3) is 0 Å². The molecule has 0 aliphatic heterocycles. The number of thioether (sulfide) groups is 1. The molecule has 0 aliphatic carbocycles. The van der Waals surface area contributed by atoms with Crippen molar-refractivity contribution in [1.82, 2.24) is 4.98 Å². The highest BCUT2D eigenvalue weighted by molar-refractivity contribution is 7.99. The number of hydrogen-bond donors (Lipinski definition) is 1. The molecular formula is C17H22N2S. The molecule has 2 aromatic rings. The summed E-state index contributed by atoms with van der Waals surface area (Å²) in [5.74, 6) is 0.919. The molecule has 1 heterocycles. The monoisotopic (exact) mass is 286 g/mol. The lowest BCUT2D eigenvalue weighted by Gasteiger charge is -2.12.